The van der Waals surface area contributed by atoms with Gasteiger partial charge in [-0.1, -0.05) is 42.2 Å². The Labute approximate surface area is 144 Å². The van der Waals surface area contributed by atoms with Crippen molar-refractivity contribution in [3.63, 3.8) is 0 Å². The molecule has 2 heterocycles. The number of hydrogen-bond donors (Lipinski definition) is 0. The number of carbonyl (C=O) groups excluding carboxylic acids is 1. The number of carbonyl (C=O) groups is 1. The quantitative estimate of drug-likeness (QED) is 0.585. The third-order valence-corrected chi connectivity index (χ3v) is 4.72. The van der Waals surface area contributed by atoms with Crippen molar-refractivity contribution in [1.29, 1.82) is 0 Å². The van der Waals surface area contributed by atoms with E-state index in [0.29, 0.717) is 9.23 Å². The number of allylic oxidation sites excluding steroid dienone is 2. The predicted molar refractivity (Wildman–Crippen MR) is 99.3 cm³/mol. The summed E-state index contributed by atoms with van der Waals surface area (Å²) in [6.07, 6.45) is 5.36. The standard InChI is InChI=1S/C18H15NO2S2/c1-12(10-14-7-5-9-21-14)11-16-17(20)19(18(22)23-16)15-8-4-3-6-13(15)2/h3-11H,1-2H3/b12-10+,16-11+. The van der Waals surface area contributed by atoms with Gasteiger partial charge < -0.3 is 4.42 Å². The molecule has 0 spiro atoms. The van der Waals surface area contributed by atoms with Crippen molar-refractivity contribution in [3.05, 3.63) is 70.5 Å². The van der Waals surface area contributed by atoms with Crippen LogP contribution in [-0.2, 0) is 4.79 Å². The van der Waals surface area contributed by atoms with Gasteiger partial charge in [-0.2, -0.15) is 0 Å². The van der Waals surface area contributed by atoms with Crippen LogP contribution >= 0.6 is 24.0 Å². The first kappa shape index (κ1) is 15.8. The largest absolute Gasteiger partial charge is 0.465 e. The third-order valence-electron chi connectivity index (χ3n) is 3.42. The van der Waals surface area contributed by atoms with Crippen LogP contribution in [0.4, 0.5) is 5.69 Å². The molecule has 1 saturated heterocycles. The minimum atomic E-state index is -0.0819. The zero-order valence-electron chi connectivity index (χ0n) is 12.8. The molecule has 0 unspecified atom stereocenters. The fourth-order valence-corrected chi connectivity index (χ4v) is 3.67. The highest BCUT2D eigenvalue weighted by atomic mass is 32.2. The third kappa shape index (κ3) is 3.30. The van der Waals surface area contributed by atoms with Crippen LogP contribution < -0.4 is 4.90 Å². The Morgan fingerprint density at radius 1 is 1.26 bits per heavy atom. The summed E-state index contributed by atoms with van der Waals surface area (Å²) in [4.78, 5) is 14.9. The summed E-state index contributed by atoms with van der Waals surface area (Å²) < 4.78 is 5.85. The molecule has 0 aliphatic carbocycles. The van der Waals surface area contributed by atoms with E-state index in [1.807, 2.05) is 62.4 Å². The molecular formula is C18H15NO2S2. The van der Waals surface area contributed by atoms with E-state index in [-0.39, 0.29) is 5.91 Å². The molecule has 0 bridgehead atoms. The summed E-state index contributed by atoms with van der Waals surface area (Å²) in [5.74, 6) is 0.676. The Kier molecular flexibility index (Phi) is 4.50. The molecule has 1 amide bonds. The first-order valence-electron chi connectivity index (χ1n) is 7.11. The van der Waals surface area contributed by atoms with Gasteiger partial charge >= 0.3 is 0 Å². The lowest BCUT2D eigenvalue weighted by Gasteiger charge is -2.16. The number of furan rings is 1. The minimum absolute atomic E-state index is 0.0819. The van der Waals surface area contributed by atoms with Gasteiger partial charge in [0.1, 0.15) is 5.76 Å². The van der Waals surface area contributed by atoms with Gasteiger partial charge in [-0.15, -0.1) is 0 Å². The molecule has 23 heavy (non-hydrogen) atoms. The van der Waals surface area contributed by atoms with Crippen molar-refractivity contribution in [1.82, 2.24) is 0 Å². The monoisotopic (exact) mass is 341 g/mol. The van der Waals surface area contributed by atoms with Crippen molar-refractivity contribution in [2.45, 2.75) is 13.8 Å². The maximum atomic E-state index is 12.7. The van der Waals surface area contributed by atoms with Gasteiger partial charge in [-0.25, -0.2) is 0 Å². The van der Waals surface area contributed by atoms with Crippen molar-refractivity contribution >= 4 is 46.0 Å². The molecule has 1 aromatic heterocycles. The number of rotatable bonds is 3. The minimum Gasteiger partial charge on any atom is -0.465 e. The highest BCUT2D eigenvalue weighted by Gasteiger charge is 2.33. The van der Waals surface area contributed by atoms with Gasteiger partial charge in [-0.3, -0.25) is 9.69 Å². The molecule has 0 N–H and O–H groups in total. The fraction of sp³-hybridized carbons (Fsp3) is 0.111. The number of benzene rings is 1. The van der Waals surface area contributed by atoms with Crippen molar-refractivity contribution < 1.29 is 9.21 Å². The number of anilines is 1. The summed E-state index contributed by atoms with van der Waals surface area (Å²) in [5.41, 5.74) is 2.80. The molecule has 116 valence electrons. The molecule has 1 aliphatic rings. The lowest BCUT2D eigenvalue weighted by Crippen LogP contribution is -2.28. The fourth-order valence-electron chi connectivity index (χ4n) is 2.34. The van der Waals surface area contributed by atoms with Gasteiger partial charge in [0.2, 0.25) is 0 Å². The zero-order chi connectivity index (χ0) is 16.4. The van der Waals surface area contributed by atoms with Crippen LogP contribution in [0.3, 0.4) is 0 Å². The number of thiocarbonyl (C=S) groups is 1. The lowest BCUT2D eigenvalue weighted by molar-refractivity contribution is -0.113. The van der Waals surface area contributed by atoms with Crippen LogP contribution in [0.15, 0.2) is 63.6 Å². The van der Waals surface area contributed by atoms with Gasteiger partial charge in [0, 0.05) is 0 Å². The van der Waals surface area contributed by atoms with Crippen LogP contribution in [0.1, 0.15) is 18.2 Å². The van der Waals surface area contributed by atoms with Gasteiger partial charge in [0.15, 0.2) is 4.32 Å². The van der Waals surface area contributed by atoms with Gasteiger partial charge in [0.05, 0.1) is 16.9 Å². The molecule has 2 aromatic rings. The average Bonchev–Trinajstić information content (AvgIpc) is 3.10. The number of aryl methyl sites for hydroxylation is 1. The maximum absolute atomic E-state index is 12.7. The normalized spacial score (nSPS) is 17.4. The molecule has 3 nitrogen and oxygen atoms in total. The second kappa shape index (κ2) is 6.56. The van der Waals surface area contributed by atoms with Crippen LogP contribution in [-0.4, -0.2) is 10.2 Å². The summed E-state index contributed by atoms with van der Waals surface area (Å²) in [5, 5.41) is 0. The smallest absolute Gasteiger partial charge is 0.270 e. The van der Waals surface area contributed by atoms with E-state index in [2.05, 4.69) is 0 Å². The molecule has 1 fully saturated rings. The maximum Gasteiger partial charge on any atom is 0.270 e. The molecular weight excluding hydrogens is 326 g/mol. The topological polar surface area (TPSA) is 33.5 Å². The molecule has 5 heteroatoms. The van der Waals surface area contributed by atoms with Crippen molar-refractivity contribution in [2.24, 2.45) is 0 Å². The molecule has 0 atom stereocenters. The van der Waals surface area contributed by atoms with E-state index in [4.69, 9.17) is 16.6 Å². The van der Waals surface area contributed by atoms with Gasteiger partial charge in [0.25, 0.3) is 5.91 Å². The zero-order valence-corrected chi connectivity index (χ0v) is 14.4. The number of amides is 1. The first-order chi connectivity index (χ1) is 11.1. The van der Waals surface area contributed by atoms with E-state index < -0.39 is 0 Å². The Balaban J connectivity index is 1.90. The van der Waals surface area contributed by atoms with Crippen LogP contribution in [0, 0.1) is 6.92 Å². The molecule has 1 aliphatic heterocycles. The van der Waals surface area contributed by atoms with E-state index in [0.717, 1.165) is 22.6 Å². The first-order valence-corrected chi connectivity index (χ1v) is 8.34. The van der Waals surface area contributed by atoms with Crippen molar-refractivity contribution in [2.75, 3.05) is 4.90 Å². The highest BCUT2D eigenvalue weighted by Crippen LogP contribution is 2.36. The SMILES string of the molecule is CC(=C\c1ccco1)/C=C1/SC(=S)N(c2ccccc2C)C1=O. The Morgan fingerprint density at radius 3 is 2.74 bits per heavy atom. The van der Waals surface area contributed by atoms with Gasteiger partial charge in [-0.05, 0) is 55.3 Å². The number of thioether (sulfide) groups is 1. The molecule has 0 saturated carbocycles. The Bertz CT molecular complexity index is 819. The summed E-state index contributed by atoms with van der Waals surface area (Å²) in [6, 6.07) is 11.4. The molecule has 1 aromatic carbocycles. The number of nitrogens with zero attached hydrogens (tertiary/aromatic N) is 1. The number of hydrogen-bond acceptors (Lipinski definition) is 4. The molecule has 0 radical (unpaired) electrons. The van der Waals surface area contributed by atoms with E-state index in [1.165, 1.54) is 11.8 Å². The second-order valence-corrected chi connectivity index (χ2v) is 6.88. The van der Waals surface area contributed by atoms with Crippen LogP contribution in [0.25, 0.3) is 6.08 Å². The predicted octanol–water partition coefficient (Wildman–Crippen LogP) is 4.94. The summed E-state index contributed by atoms with van der Waals surface area (Å²) in [7, 11) is 0. The average molecular weight is 341 g/mol. The second-order valence-electron chi connectivity index (χ2n) is 5.21. The summed E-state index contributed by atoms with van der Waals surface area (Å²) in [6.45, 7) is 3.91. The van der Waals surface area contributed by atoms with E-state index in [9.17, 15) is 4.79 Å². The Hall–Kier alpha value is -2.11. The van der Waals surface area contributed by atoms with E-state index in [1.54, 1.807) is 11.2 Å². The summed E-state index contributed by atoms with van der Waals surface area (Å²) >= 11 is 6.72. The highest BCUT2D eigenvalue weighted by molar-refractivity contribution is 8.27. The van der Waals surface area contributed by atoms with Crippen LogP contribution in [0.5, 0.6) is 0 Å². The number of para-hydroxylation sites is 1. The lowest BCUT2D eigenvalue weighted by atomic mass is 10.2. The van der Waals surface area contributed by atoms with E-state index >= 15 is 0 Å². The Morgan fingerprint density at radius 2 is 2.04 bits per heavy atom. The van der Waals surface area contributed by atoms with Crippen molar-refractivity contribution in [3.8, 4) is 0 Å². The molecule has 3 rings (SSSR count). The van der Waals surface area contributed by atoms with Crippen LogP contribution in [0.2, 0.25) is 0 Å².